The third-order valence-corrected chi connectivity index (χ3v) is 4.68. The number of hydrogen-bond donors (Lipinski definition) is 1. The van der Waals surface area contributed by atoms with E-state index in [1.54, 1.807) is 0 Å². The number of rotatable bonds is 2. The van der Waals surface area contributed by atoms with Gasteiger partial charge in [0.15, 0.2) is 0 Å². The number of nitrogens with zero attached hydrogens (tertiary/aromatic N) is 1. The highest BCUT2D eigenvalue weighted by Crippen LogP contribution is 2.26. The second-order valence-electron chi connectivity index (χ2n) is 4.85. The Labute approximate surface area is 107 Å². The van der Waals surface area contributed by atoms with Crippen LogP contribution in [0.3, 0.4) is 0 Å². The minimum absolute atomic E-state index is 0.166. The van der Waals surface area contributed by atoms with Crippen LogP contribution in [0.1, 0.15) is 35.0 Å². The van der Waals surface area contributed by atoms with Crippen LogP contribution >= 0.6 is 11.3 Å². The highest BCUT2D eigenvalue weighted by Gasteiger charge is 2.32. The van der Waals surface area contributed by atoms with Gasteiger partial charge in [0, 0.05) is 19.1 Å². The molecule has 4 heteroatoms. The largest absolute Gasteiger partial charge is 0.333 e. The number of carbonyl (C=O) groups excluding carboxylic acids is 1. The molecule has 2 rings (SSSR count). The normalized spacial score (nSPS) is 25.0. The maximum absolute atomic E-state index is 12.5. The van der Waals surface area contributed by atoms with Crippen molar-refractivity contribution in [1.82, 2.24) is 4.90 Å². The number of hydrogen-bond acceptors (Lipinski definition) is 3. The first-order chi connectivity index (χ1) is 8.15. The van der Waals surface area contributed by atoms with Crippen LogP contribution in [0, 0.1) is 12.8 Å². The fourth-order valence-electron chi connectivity index (χ4n) is 2.58. The van der Waals surface area contributed by atoms with Crippen LogP contribution in [0.15, 0.2) is 11.4 Å². The molecule has 1 aromatic rings. The number of piperidine rings is 1. The molecule has 2 atom stereocenters. The number of amides is 1. The van der Waals surface area contributed by atoms with Gasteiger partial charge in [-0.2, -0.15) is 0 Å². The van der Waals surface area contributed by atoms with Crippen molar-refractivity contribution in [3.8, 4) is 0 Å². The van der Waals surface area contributed by atoms with Crippen molar-refractivity contribution in [2.75, 3.05) is 13.1 Å². The van der Waals surface area contributed by atoms with E-state index in [0.29, 0.717) is 12.5 Å². The molecule has 1 saturated heterocycles. The first-order valence-electron chi connectivity index (χ1n) is 6.20. The van der Waals surface area contributed by atoms with Gasteiger partial charge >= 0.3 is 0 Å². The van der Waals surface area contributed by atoms with Crippen molar-refractivity contribution in [3.63, 3.8) is 0 Å². The zero-order valence-corrected chi connectivity index (χ0v) is 11.3. The molecule has 1 fully saturated rings. The molecule has 2 heterocycles. The van der Waals surface area contributed by atoms with E-state index >= 15 is 0 Å². The van der Waals surface area contributed by atoms with Gasteiger partial charge in [-0.1, -0.05) is 6.92 Å². The first-order valence-corrected chi connectivity index (χ1v) is 7.08. The number of nitrogens with two attached hydrogens (primary N) is 1. The van der Waals surface area contributed by atoms with E-state index in [1.807, 2.05) is 23.3 Å². The van der Waals surface area contributed by atoms with Crippen molar-refractivity contribution in [1.29, 1.82) is 0 Å². The van der Waals surface area contributed by atoms with Crippen LogP contribution in [0.4, 0.5) is 0 Å². The second-order valence-corrected chi connectivity index (χ2v) is 5.77. The molecule has 1 aliphatic heterocycles. The van der Waals surface area contributed by atoms with Gasteiger partial charge < -0.3 is 10.6 Å². The minimum Gasteiger partial charge on any atom is -0.333 e. The highest BCUT2D eigenvalue weighted by molar-refractivity contribution is 7.12. The summed E-state index contributed by atoms with van der Waals surface area (Å²) in [4.78, 5) is 15.3. The average Bonchev–Trinajstić information content (AvgIpc) is 2.74. The predicted molar refractivity (Wildman–Crippen MR) is 71.3 cm³/mol. The van der Waals surface area contributed by atoms with Gasteiger partial charge in [-0.25, -0.2) is 0 Å². The Morgan fingerprint density at radius 3 is 3.00 bits per heavy atom. The molecule has 94 valence electrons. The third kappa shape index (κ3) is 2.38. The molecular weight excluding hydrogens is 232 g/mol. The van der Waals surface area contributed by atoms with Crippen LogP contribution in [0.5, 0.6) is 0 Å². The zero-order valence-electron chi connectivity index (χ0n) is 10.5. The molecule has 0 saturated carbocycles. The van der Waals surface area contributed by atoms with Gasteiger partial charge in [0.1, 0.15) is 0 Å². The van der Waals surface area contributed by atoms with E-state index in [1.165, 1.54) is 17.8 Å². The second kappa shape index (κ2) is 5.19. The lowest BCUT2D eigenvalue weighted by atomic mass is 9.90. The van der Waals surface area contributed by atoms with Crippen molar-refractivity contribution >= 4 is 17.2 Å². The van der Waals surface area contributed by atoms with Crippen LogP contribution in [0.25, 0.3) is 0 Å². The van der Waals surface area contributed by atoms with Gasteiger partial charge in [-0.15, -0.1) is 11.3 Å². The SMILES string of the molecule is Cc1ccsc1C(=O)N1CCC[C@H](C)[C@H]1CN. The molecule has 2 N–H and O–H groups in total. The van der Waals surface area contributed by atoms with E-state index in [-0.39, 0.29) is 11.9 Å². The van der Waals surface area contributed by atoms with Crippen molar-refractivity contribution in [3.05, 3.63) is 21.9 Å². The predicted octanol–water partition coefficient (Wildman–Crippen LogP) is 2.26. The molecule has 1 amide bonds. The van der Waals surface area contributed by atoms with Crippen molar-refractivity contribution in [2.45, 2.75) is 32.7 Å². The lowest BCUT2D eigenvalue weighted by molar-refractivity contribution is 0.0537. The first kappa shape index (κ1) is 12.6. The smallest absolute Gasteiger partial charge is 0.264 e. The number of thiophene rings is 1. The van der Waals surface area contributed by atoms with Crippen LogP contribution in [-0.4, -0.2) is 29.9 Å². The molecule has 1 aliphatic rings. The Balaban J connectivity index is 2.21. The van der Waals surface area contributed by atoms with E-state index in [2.05, 4.69) is 6.92 Å². The monoisotopic (exact) mass is 252 g/mol. The van der Waals surface area contributed by atoms with Crippen molar-refractivity contribution < 1.29 is 4.79 Å². The minimum atomic E-state index is 0.166. The number of likely N-dealkylation sites (tertiary alicyclic amines) is 1. The number of aryl methyl sites for hydroxylation is 1. The molecular formula is C13H20N2OS. The fraction of sp³-hybridized carbons (Fsp3) is 0.615. The highest BCUT2D eigenvalue weighted by atomic mass is 32.1. The van der Waals surface area contributed by atoms with Gasteiger partial charge in [0.05, 0.1) is 4.88 Å². The summed E-state index contributed by atoms with van der Waals surface area (Å²) < 4.78 is 0. The maximum Gasteiger partial charge on any atom is 0.264 e. The molecule has 0 unspecified atom stereocenters. The average molecular weight is 252 g/mol. The third-order valence-electron chi connectivity index (χ3n) is 3.67. The molecule has 3 nitrogen and oxygen atoms in total. The van der Waals surface area contributed by atoms with Gasteiger partial charge in [0.2, 0.25) is 0 Å². The molecule has 0 aromatic carbocycles. The van der Waals surface area contributed by atoms with Crippen molar-refractivity contribution in [2.24, 2.45) is 11.7 Å². The molecule has 17 heavy (non-hydrogen) atoms. The Morgan fingerprint density at radius 2 is 2.41 bits per heavy atom. The summed E-state index contributed by atoms with van der Waals surface area (Å²) in [6.07, 6.45) is 2.27. The Kier molecular flexibility index (Phi) is 3.84. The Morgan fingerprint density at radius 1 is 1.65 bits per heavy atom. The molecule has 0 aliphatic carbocycles. The van der Waals surface area contributed by atoms with Crippen LogP contribution < -0.4 is 5.73 Å². The quantitative estimate of drug-likeness (QED) is 0.877. The number of carbonyl (C=O) groups is 1. The zero-order chi connectivity index (χ0) is 12.4. The van der Waals surface area contributed by atoms with Gasteiger partial charge in [-0.3, -0.25) is 4.79 Å². The Hall–Kier alpha value is -0.870. The van der Waals surface area contributed by atoms with Crippen LogP contribution in [-0.2, 0) is 0 Å². The summed E-state index contributed by atoms with van der Waals surface area (Å²) in [5.74, 6) is 0.678. The summed E-state index contributed by atoms with van der Waals surface area (Å²) in [6.45, 7) is 5.60. The van der Waals surface area contributed by atoms with Gasteiger partial charge in [-0.05, 0) is 42.7 Å². The lowest BCUT2D eigenvalue weighted by Gasteiger charge is -2.39. The van der Waals surface area contributed by atoms with Gasteiger partial charge in [0.25, 0.3) is 5.91 Å². The molecule has 0 spiro atoms. The molecule has 0 radical (unpaired) electrons. The van der Waals surface area contributed by atoms with E-state index in [4.69, 9.17) is 5.73 Å². The summed E-state index contributed by atoms with van der Waals surface area (Å²) in [7, 11) is 0. The van der Waals surface area contributed by atoms with E-state index in [0.717, 1.165) is 23.4 Å². The lowest BCUT2D eigenvalue weighted by Crippen LogP contribution is -2.51. The van der Waals surface area contributed by atoms with Crippen LogP contribution in [0.2, 0.25) is 0 Å². The summed E-state index contributed by atoms with van der Waals surface area (Å²) >= 11 is 1.53. The summed E-state index contributed by atoms with van der Waals surface area (Å²) in [5, 5.41) is 1.98. The topological polar surface area (TPSA) is 46.3 Å². The van der Waals surface area contributed by atoms with E-state index in [9.17, 15) is 4.79 Å². The Bertz CT molecular complexity index is 402. The summed E-state index contributed by atoms with van der Waals surface area (Å²) in [5.41, 5.74) is 6.90. The molecule has 0 bridgehead atoms. The maximum atomic E-state index is 12.5. The van der Waals surface area contributed by atoms with E-state index < -0.39 is 0 Å². The summed E-state index contributed by atoms with van der Waals surface area (Å²) in [6, 6.07) is 2.21. The standard InChI is InChI=1S/C13H20N2OS/c1-9-4-3-6-15(11(9)8-14)13(16)12-10(2)5-7-17-12/h5,7,9,11H,3-4,6,8,14H2,1-2H3/t9-,11+/m0/s1. The molecule has 1 aromatic heterocycles. The fourth-order valence-corrected chi connectivity index (χ4v) is 3.46.